The summed E-state index contributed by atoms with van der Waals surface area (Å²) in [6.07, 6.45) is 5.21. The molecule has 0 fully saturated rings. The van der Waals surface area contributed by atoms with Crippen molar-refractivity contribution in [1.29, 1.82) is 0 Å². The van der Waals surface area contributed by atoms with E-state index in [-0.39, 0.29) is 0 Å². The summed E-state index contributed by atoms with van der Waals surface area (Å²) in [6, 6.07) is 13.2. The Balaban J connectivity index is 1.85. The first kappa shape index (κ1) is 12.6. The maximum absolute atomic E-state index is 11.8. The van der Waals surface area contributed by atoms with Crippen LogP contribution in [-0.2, 0) is 17.2 Å². The maximum atomic E-state index is 11.8. The normalized spacial score (nSPS) is 11.6. The van der Waals surface area contributed by atoms with Crippen molar-refractivity contribution >= 4 is 10.8 Å². The summed E-state index contributed by atoms with van der Waals surface area (Å²) >= 11 is 0. The Morgan fingerprint density at radius 2 is 2.00 bits per heavy atom. The Labute approximate surface area is 109 Å². The molecular weight excluding hydrogens is 244 g/mol. The Kier molecular flexibility index (Phi) is 4.77. The van der Waals surface area contributed by atoms with E-state index >= 15 is 0 Å². The molecule has 0 aliphatic carbocycles. The van der Waals surface area contributed by atoms with Crippen molar-refractivity contribution in [1.82, 2.24) is 0 Å². The van der Waals surface area contributed by atoms with Gasteiger partial charge in [0.05, 0.1) is 17.1 Å². The van der Waals surface area contributed by atoms with Gasteiger partial charge in [0.25, 0.3) is 0 Å². The number of aryl methyl sites for hydroxylation is 1. The van der Waals surface area contributed by atoms with Gasteiger partial charge in [0, 0.05) is 16.7 Å². The van der Waals surface area contributed by atoms with Crippen molar-refractivity contribution in [3.05, 3.63) is 71.7 Å². The van der Waals surface area contributed by atoms with Gasteiger partial charge in [0.2, 0.25) is 0 Å². The minimum absolute atomic E-state index is 0.796. The molecule has 2 nitrogen and oxygen atoms in total. The van der Waals surface area contributed by atoms with Gasteiger partial charge < -0.3 is 4.42 Å². The number of hydrogen-bond acceptors (Lipinski definition) is 2. The Bertz CT molecular complexity index is 549. The standard InChI is InChI=1S/C15H14O2S/c16-18(15-10-4-1-5-11-15)13-6-2-3-8-14-9-7-12-17-14/h1-2,4-5,7,9-13H,3,8H2. The zero-order valence-electron chi connectivity index (χ0n) is 9.91. The van der Waals surface area contributed by atoms with Crippen molar-refractivity contribution in [3.63, 3.8) is 0 Å². The molecule has 0 saturated carbocycles. The number of allylic oxidation sites excluding steroid dienone is 1. The van der Waals surface area contributed by atoms with Crippen LogP contribution in [0, 0.1) is 0 Å². The molecule has 92 valence electrons. The number of hydrogen-bond donors (Lipinski definition) is 0. The van der Waals surface area contributed by atoms with Crippen molar-refractivity contribution in [3.8, 4) is 0 Å². The molecule has 0 amide bonds. The highest BCUT2D eigenvalue weighted by atomic mass is 32.2. The summed E-state index contributed by atoms with van der Waals surface area (Å²) in [5, 5.41) is 1.58. The van der Waals surface area contributed by atoms with E-state index in [4.69, 9.17) is 4.42 Å². The van der Waals surface area contributed by atoms with Crippen LogP contribution in [0.2, 0.25) is 0 Å². The number of rotatable bonds is 5. The third kappa shape index (κ3) is 3.88. The average Bonchev–Trinajstić information content (AvgIpc) is 2.92. The summed E-state index contributed by atoms with van der Waals surface area (Å²) in [4.78, 5) is 0.796. The average molecular weight is 258 g/mol. The fourth-order valence-electron chi connectivity index (χ4n) is 1.49. The van der Waals surface area contributed by atoms with Gasteiger partial charge in [-0.15, -0.1) is 5.73 Å². The molecule has 1 atom stereocenters. The summed E-state index contributed by atoms with van der Waals surface area (Å²) < 4.78 is 17.0. The Hall–Kier alpha value is -1.83. The first-order valence-corrected chi connectivity index (χ1v) is 6.96. The molecule has 0 spiro atoms. The van der Waals surface area contributed by atoms with Gasteiger partial charge in [-0.2, -0.15) is 0 Å². The Morgan fingerprint density at radius 3 is 2.72 bits per heavy atom. The van der Waals surface area contributed by atoms with Crippen molar-refractivity contribution in [2.24, 2.45) is 0 Å². The van der Waals surface area contributed by atoms with E-state index in [0.29, 0.717) is 0 Å². The minimum Gasteiger partial charge on any atom is -0.469 e. The molecule has 2 rings (SSSR count). The molecule has 0 N–H and O–H groups in total. The van der Waals surface area contributed by atoms with Crippen molar-refractivity contribution in [2.45, 2.75) is 17.7 Å². The molecular formula is C15H14O2S. The zero-order chi connectivity index (χ0) is 12.6. The molecule has 1 unspecified atom stereocenters. The van der Waals surface area contributed by atoms with Gasteiger partial charge in [-0.25, -0.2) is 4.21 Å². The van der Waals surface area contributed by atoms with Crippen LogP contribution in [0.4, 0.5) is 0 Å². The lowest BCUT2D eigenvalue weighted by Crippen LogP contribution is -1.83. The second kappa shape index (κ2) is 6.80. The second-order valence-electron chi connectivity index (χ2n) is 3.72. The molecule has 1 heterocycles. The predicted molar refractivity (Wildman–Crippen MR) is 72.5 cm³/mol. The van der Waals surface area contributed by atoms with E-state index in [1.807, 2.05) is 48.5 Å². The maximum Gasteiger partial charge on any atom is 0.104 e. The van der Waals surface area contributed by atoms with Gasteiger partial charge in [0.15, 0.2) is 0 Å². The minimum atomic E-state index is -1.11. The van der Waals surface area contributed by atoms with Crippen LogP contribution in [0.5, 0.6) is 0 Å². The van der Waals surface area contributed by atoms with E-state index in [1.54, 1.807) is 11.7 Å². The largest absolute Gasteiger partial charge is 0.469 e. The molecule has 2 aromatic rings. The van der Waals surface area contributed by atoms with Crippen LogP contribution >= 0.6 is 0 Å². The van der Waals surface area contributed by atoms with Gasteiger partial charge >= 0.3 is 0 Å². The first-order valence-electron chi connectivity index (χ1n) is 5.75. The van der Waals surface area contributed by atoms with Crippen LogP contribution in [0.3, 0.4) is 0 Å². The van der Waals surface area contributed by atoms with Crippen molar-refractivity contribution in [2.75, 3.05) is 0 Å². The lowest BCUT2D eigenvalue weighted by Gasteiger charge is -1.92. The first-order chi connectivity index (χ1) is 8.86. The van der Waals surface area contributed by atoms with Gasteiger partial charge in [0.1, 0.15) is 5.76 Å². The van der Waals surface area contributed by atoms with Crippen LogP contribution in [-0.4, -0.2) is 4.21 Å². The zero-order valence-corrected chi connectivity index (χ0v) is 10.7. The van der Waals surface area contributed by atoms with Gasteiger partial charge in [-0.05, 0) is 36.8 Å². The smallest absolute Gasteiger partial charge is 0.104 e. The van der Waals surface area contributed by atoms with E-state index < -0.39 is 10.8 Å². The fraction of sp³-hybridized carbons (Fsp3) is 0.133. The molecule has 0 radical (unpaired) electrons. The van der Waals surface area contributed by atoms with E-state index in [9.17, 15) is 4.21 Å². The van der Waals surface area contributed by atoms with Crippen LogP contribution in [0.15, 0.2) is 75.3 Å². The lowest BCUT2D eigenvalue weighted by molar-refractivity contribution is 0.510. The molecule has 0 saturated heterocycles. The third-order valence-electron chi connectivity index (χ3n) is 2.38. The second-order valence-corrected chi connectivity index (χ2v) is 5.02. The predicted octanol–water partition coefficient (Wildman–Crippen LogP) is 3.69. The van der Waals surface area contributed by atoms with E-state index in [2.05, 4.69) is 5.73 Å². The van der Waals surface area contributed by atoms with Gasteiger partial charge in [-0.3, -0.25) is 0 Å². The molecule has 18 heavy (non-hydrogen) atoms. The van der Waals surface area contributed by atoms with Crippen LogP contribution < -0.4 is 0 Å². The number of benzene rings is 1. The SMILES string of the molecule is O=S(C=C=CCCc1ccco1)c1ccccc1. The molecule has 0 aliphatic heterocycles. The highest BCUT2D eigenvalue weighted by Crippen LogP contribution is 2.06. The van der Waals surface area contributed by atoms with Crippen LogP contribution in [0.25, 0.3) is 0 Å². The molecule has 0 bridgehead atoms. The summed E-state index contributed by atoms with van der Waals surface area (Å²) in [5.74, 6) is 0.956. The fourth-order valence-corrected chi connectivity index (χ4v) is 2.27. The Morgan fingerprint density at radius 1 is 1.17 bits per heavy atom. The number of furan rings is 1. The summed E-state index contributed by atoms with van der Waals surface area (Å²) in [7, 11) is -1.11. The highest BCUT2D eigenvalue weighted by molar-refractivity contribution is 7.88. The molecule has 1 aromatic heterocycles. The quantitative estimate of drug-likeness (QED) is 0.766. The molecule has 1 aromatic carbocycles. The molecule has 0 aliphatic rings. The third-order valence-corrected chi connectivity index (χ3v) is 3.47. The summed E-state index contributed by atoms with van der Waals surface area (Å²) in [5.41, 5.74) is 2.95. The van der Waals surface area contributed by atoms with Gasteiger partial charge in [-0.1, -0.05) is 18.2 Å². The van der Waals surface area contributed by atoms with E-state index in [1.165, 1.54) is 0 Å². The van der Waals surface area contributed by atoms with Crippen LogP contribution in [0.1, 0.15) is 12.2 Å². The highest BCUT2D eigenvalue weighted by Gasteiger charge is 1.96. The van der Waals surface area contributed by atoms with E-state index in [0.717, 1.165) is 23.5 Å². The molecule has 3 heteroatoms. The monoisotopic (exact) mass is 258 g/mol. The van der Waals surface area contributed by atoms with Crippen molar-refractivity contribution < 1.29 is 8.63 Å². The topological polar surface area (TPSA) is 30.2 Å². The summed E-state index contributed by atoms with van der Waals surface area (Å²) in [6.45, 7) is 0. The lowest BCUT2D eigenvalue weighted by atomic mass is 10.2.